The number of benzene rings is 1. The van der Waals surface area contributed by atoms with Crippen LogP contribution in [-0.4, -0.2) is 49.0 Å². The van der Waals surface area contributed by atoms with Crippen molar-refractivity contribution in [2.75, 3.05) is 25.4 Å². The minimum absolute atomic E-state index is 0.0266. The van der Waals surface area contributed by atoms with Gasteiger partial charge in [-0.1, -0.05) is 25.1 Å². The summed E-state index contributed by atoms with van der Waals surface area (Å²) in [5, 5.41) is 15.3. The molecule has 3 fully saturated rings. The van der Waals surface area contributed by atoms with E-state index in [-0.39, 0.29) is 42.0 Å². The average Bonchev–Trinajstić information content (AvgIpc) is 2.89. The van der Waals surface area contributed by atoms with Gasteiger partial charge in [-0.05, 0) is 36.8 Å². The third-order valence-corrected chi connectivity index (χ3v) is 7.38. The molecule has 1 aromatic carbocycles. The van der Waals surface area contributed by atoms with E-state index in [9.17, 15) is 9.90 Å². The van der Waals surface area contributed by atoms with Crippen molar-refractivity contribution < 1.29 is 19.5 Å². The summed E-state index contributed by atoms with van der Waals surface area (Å²) < 4.78 is 6.44. The van der Waals surface area contributed by atoms with Crippen LogP contribution in [0.5, 0.6) is 0 Å². The molecule has 2 saturated heterocycles. The zero-order valence-electron chi connectivity index (χ0n) is 15.3. The van der Waals surface area contributed by atoms with Crippen molar-refractivity contribution in [1.82, 2.24) is 5.32 Å². The lowest BCUT2D eigenvalue weighted by Crippen LogP contribution is -2.75. The number of aliphatic hydroxyl groups is 1. The molecule has 140 valence electrons. The number of nitrogens with zero attached hydrogens (tertiary/aromatic N) is 1. The van der Waals surface area contributed by atoms with Gasteiger partial charge in [0.15, 0.2) is 0 Å². The smallest absolute Gasteiger partial charge is 0.264 e. The van der Waals surface area contributed by atoms with Gasteiger partial charge in [-0.2, -0.15) is 5.06 Å². The summed E-state index contributed by atoms with van der Waals surface area (Å²) in [5.74, 6) is 0.259. The van der Waals surface area contributed by atoms with Gasteiger partial charge in [0.1, 0.15) is 5.41 Å². The van der Waals surface area contributed by atoms with Crippen molar-refractivity contribution in [2.45, 2.75) is 49.3 Å². The molecular formula is C20H26N2O4. The molecule has 1 aliphatic carbocycles. The van der Waals surface area contributed by atoms with Crippen LogP contribution in [0.2, 0.25) is 0 Å². The molecule has 0 aromatic heterocycles. The zero-order chi connectivity index (χ0) is 18.1. The minimum atomic E-state index is -0.735. The van der Waals surface area contributed by atoms with Gasteiger partial charge in [0.25, 0.3) is 5.91 Å². The number of para-hydroxylation sites is 1. The molecule has 1 amide bonds. The number of carbonyl (C=O) groups is 1. The van der Waals surface area contributed by atoms with Crippen LogP contribution in [0.1, 0.15) is 31.7 Å². The highest BCUT2D eigenvalue weighted by Crippen LogP contribution is 2.59. The van der Waals surface area contributed by atoms with E-state index in [0.717, 1.165) is 24.1 Å². The fraction of sp³-hybridized carbons (Fsp3) is 0.650. The number of aliphatic hydroxyl groups excluding tert-OH is 1. The molecule has 4 aliphatic rings. The summed E-state index contributed by atoms with van der Waals surface area (Å²) in [4.78, 5) is 19.0. The SMILES string of the molecule is CC[C@]12CO[C@@H]3[C@H](C1)[C@@H](CO)[C@@H](C[C@]31C(=O)N(OC)c3ccccc31)N2. The standard InChI is InChI=1S/C20H26N2O4/c1-3-19-8-12-13(10-23)15(21-19)9-20(17(12)26-11-19)14-6-4-5-7-16(14)22(25-2)18(20)24/h4-7,12-13,15,17,21,23H,3,8-11H2,1-2H3/t12-,13-,15-,17-,19-,20-/m1/s1. The summed E-state index contributed by atoms with van der Waals surface area (Å²) in [6.07, 6.45) is 2.36. The van der Waals surface area contributed by atoms with Crippen LogP contribution < -0.4 is 10.4 Å². The van der Waals surface area contributed by atoms with Gasteiger partial charge < -0.3 is 15.2 Å². The molecule has 2 N–H and O–H groups in total. The maximum absolute atomic E-state index is 13.6. The fourth-order valence-electron chi connectivity index (χ4n) is 6.14. The van der Waals surface area contributed by atoms with Gasteiger partial charge in [-0.15, -0.1) is 0 Å². The van der Waals surface area contributed by atoms with E-state index < -0.39 is 5.41 Å². The maximum atomic E-state index is 13.6. The first kappa shape index (κ1) is 16.7. The second-order valence-corrected chi connectivity index (χ2v) is 8.31. The monoisotopic (exact) mass is 358 g/mol. The van der Waals surface area contributed by atoms with E-state index in [1.54, 1.807) is 0 Å². The number of anilines is 1. The minimum Gasteiger partial charge on any atom is -0.396 e. The van der Waals surface area contributed by atoms with Gasteiger partial charge in [0, 0.05) is 24.1 Å². The Kier molecular flexibility index (Phi) is 3.54. The molecule has 1 aromatic rings. The van der Waals surface area contributed by atoms with E-state index in [2.05, 4.69) is 12.2 Å². The Balaban J connectivity index is 1.67. The van der Waals surface area contributed by atoms with Crippen LogP contribution in [0.4, 0.5) is 5.69 Å². The number of nitrogens with one attached hydrogen (secondary N) is 1. The summed E-state index contributed by atoms with van der Waals surface area (Å²) >= 11 is 0. The van der Waals surface area contributed by atoms with Crippen molar-refractivity contribution in [3.63, 3.8) is 0 Å². The highest BCUT2D eigenvalue weighted by molar-refractivity contribution is 6.07. The molecule has 0 unspecified atom stereocenters. The number of fused-ring (bicyclic) bond motifs is 5. The number of ether oxygens (including phenoxy) is 1. The van der Waals surface area contributed by atoms with Crippen LogP contribution >= 0.6 is 0 Å². The normalized spacial score (nSPS) is 43.2. The Bertz CT molecular complexity index is 751. The average molecular weight is 358 g/mol. The summed E-state index contributed by atoms with van der Waals surface area (Å²) in [6.45, 7) is 2.93. The quantitative estimate of drug-likeness (QED) is 0.854. The lowest BCUT2D eigenvalue weighted by Gasteiger charge is -2.62. The summed E-state index contributed by atoms with van der Waals surface area (Å²) in [6, 6.07) is 7.98. The van der Waals surface area contributed by atoms with Crippen molar-refractivity contribution in [1.29, 1.82) is 0 Å². The van der Waals surface area contributed by atoms with Crippen LogP contribution in [0.25, 0.3) is 0 Å². The first-order valence-electron chi connectivity index (χ1n) is 9.58. The van der Waals surface area contributed by atoms with Gasteiger partial charge in [-0.3, -0.25) is 9.63 Å². The number of piperidine rings is 1. The number of hydroxylamine groups is 1. The molecule has 6 heteroatoms. The van der Waals surface area contributed by atoms with Gasteiger partial charge in [0.05, 0.1) is 25.5 Å². The van der Waals surface area contributed by atoms with Crippen LogP contribution in [0.3, 0.4) is 0 Å². The summed E-state index contributed by atoms with van der Waals surface area (Å²) in [5.41, 5.74) is 1.05. The number of hydrogen-bond acceptors (Lipinski definition) is 5. The predicted molar refractivity (Wildman–Crippen MR) is 95.6 cm³/mol. The Morgan fingerprint density at radius 2 is 2.19 bits per heavy atom. The van der Waals surface area contributed by atoms with Gasteiger partial charge >= 0.3 is 0 Å². The highest BCUT2D eigenvalue weighted by atomic mass is 16.7. The number of carbonyl (C=O) groups excluding carboxylic acids is 1. The van der Waals surface area contributed by atoms with Gasteiger partial charge in [-0.25, -0.2) is 0 Å². The Labute approximate surface area is 153 Å². The second kappa shape index (κ2) is 5.52. The van der Waals surface area contributed by atoms with Crippen molar-refractivity contribution in [3.8, 4) is 0 Å². The van der Waals surface area contributed by atoms with E-state index in [4.69, 9.17) is 9.57 Å². The van der Waals surface area contributed by atoms with Crippen LogP contribution in [-0.2, 0) is 19.8 Å². The molecule has 5 rings (SSSR count). The fourth-order valence-corrected chi connectivity index (χ4v) is 6.14. The highest BCUT2D eigenvalue weighted by Gasteiger charge is 2.68. The van der Waals surface area contributed by atoms with E-state index in [0.29, 0.717) is 13.0 Å². The number of hydrogen-bond donors (Lipinski definition) is 2. The van der Waals surface area contributed by atoms with E-state index in [1.165, 1.54) is 12.2 Å². The third-order valence-electron chi connectivity index (χ3n) is 7.38. The molecule has 3 heterocycles. The summed E-state index contributed by atoms with van der Waals surface area (Å²) in [7, 11) is 1.54. The second-order valence-electron chi connectivity index (χ2n) is 8.31. The molecular weight excluding hydrogens is 332 g/mol. The van der Waals surface area contributed by atoms with E-state index in [1.807, 2.05) is 24.3 Å². The van der Waals surface area contributed by atoms with Crippen molar-refractivity contribution >= 4 is 11.6 Å². The predicted octanol–water partition coefficient (Wildman–Crippen LogP) is 1.37. The van der Waals surface area contributed by atoms with Gasteiger partial charge in [0.2, 0.25) is 0 Å². The maximum Gasteiger partial charge on any atom is 0.264 e. The molecule has 3 bridgehead atoms. The van der Waals surface area contributed by atoms with Crippen LogP contribution in [0.15, 0.2) is 24.3 Å². The van der Waals surface area contributed by atoms with Crippen molar-refractivity contribution in [2.24, 2.45) is 11.8 Å². The lowest BCUT2D eigenvalue weighted by molar-refractivity contribution is -0.198. The topological polar surface area (TPSA) is 71.0 Å². The lowest BCUT2D eigenvalue weighted by atomic mass is 9.53. The van der Waals surface area contributed by atoms with E-state index >= 15 is 0 Å². The Morgan fingerprint density at radius 3 is 2.92 bits per heavy atom. The Hall–Kier alpha value is -1.47. The van der Waals surface area contributed by atoms with Crippen molar-refractivity contribution in [3.05, 3.63) is 29.8 Å². The molecule has 0 radical (unpaired) electrons. The first-order valence-corrected chi connectivity index (χ1v) is 9.58. The number of rotatable bonds is 3. The molecule has 26 heavy (non-hydrogen) atoms. The Morgan fingerprint density at radius 1 is 1.38 bits per heavy atom. The molecule has 1 spiro atoms. The molecule has 6 nitrogen and oxygen atoms in total. The zero-order valence-corrected chi connectivity index (χ0v) is 15.3. The molecule has 3 aliphatic heterocycles. The van der Waals surface area contributed by atoms with Crippen LogP contribution in [0, 0.1) is 11.8 Å². The molecule has 1 saturated carbocycles. The largest absolute Gasteiger partial charge is 0.396 e. The molecule has 6 atom stereocenters. The third kappa shape index (κ3) is 1.83. The first-order chi connectivity index (χ1) is 12.6. The number of amides is 1.